The second-order valence-electron chi connectivity index (χ2n) is 3.45. The zero-order valence-electron chi connectivity index (χ0n) is 6.80. The van der Waals surface area contributed by atoms with Crippen molar-refractivity contribution in [1.82, 2.24) is 0 Å². The molecule has 0 amide bonds. The monoisotopic (exact) mass is 163 g/mol. The number of carboxylic acids is 1. The van der Waals surface area contributed by atoms with Crippen LogP contribution in [0.1, 0.15) is 20.3 Å². The molecule has 3 nitrogen and oxygen atoms in total. The summed E-state index contributed by atoms with van der Waals surface area (Å²) in [6.07, 6.45) is 0.166. The first kappa shape index (κ1) is 10.4. The molecule has 0 aliphatic heterocycles. The van der Waals surface area contributed by atoms with Crippen molar-refractivity contribution in [2.24, 2.45) is 11.1 Å². The van der Waals surface area contributed by atoms with Gasteiger partial charge in [-0.25, -0.2) is 0 Å². The maximum absolute atomic E-state index is 12.1. The third kappa shape index (κ3) is 3.93. The summed E-state index contributed by atoms with van der Waals surface area (Å²) in [6, 6.07) is -0.958. The van der Waals surface area contributed by atoms with E-state index in [0.717, 1.165) is 0 Å². The Kier molecular flexibility index (Phi) is 3.45. The first-order valence-electron chi connectivity index (χ1n) is 3.43. The van der Waals surface area contributed by atoms with E-state index in [0.29, 0.717) is 0 Å². The minimum absolute atomic E-state index is 0.166. The van der Waals surface area contributed by atoms with Crippen molar-refractivity contribution in [3.05, 3.63) is 0 Å². The fraction of sp³-hybridized carbons (Fsp3) is 0.857. The van der Waals surface area contributed by atoms with Gasteiger partial charge < -0.3 is 10.8 Å². The van der Waals surface area contributed by atoms with Crippen LogP contribution in [0.25, 0.3) is 0 Å². The van der Waals surface area contributed by atoms with Crippen molar-refractivity contribution < 1.29 is 14.3 Å². The van der Waals surface area contributed by atoms with Gasteiger partial charge in [-0.1, -0.05) is 13.8 Å². The van der Waals surface area contributed by atoms with E-state index < -0.39 is 24.1 Å². The predicted molar refractivity (Wildman–Crippen MR) is 40.0 cm³/mol. The van der Waals surface area contributed by atoms with Gasteiger partial charge in [-0.3, -0.25) is 9.18 Å². The van der Waals surface area contributed by atoms with Gasteiger partial charge in [0.25, 0.3) is 0 Å². The van der Waals surface area contributed by atoms with Crippen LogP contribution in [0.4, 0.5) is 4.39 Å². The highest BCUT2D eigenvalue weighted by Crippen LogP contribution is 2.21. The molecule has 0 rings (SSSR count). The van der Waals surface area contributed by atoms with Crippen LogP contribution in [0.15, 0.2) is 0 Å². The van der Waals surface area contributed by atoms with Crippen molar-refractivity contribution in [2.45, 2.75) is 26.3 Å². The van der Waals surface area contributed by atoms with Crippen molar-refractivity contribution in [3.8, 4) is 0 Å². The highest BCUT2D eigenvalue weighted by atomic mass is 19.1. The summed E-state index contributed by atoms with van der Waals surface area (Å²) in [5.74, 6) is -1.08. The molecule has 0 spiro atoms. The van der Waals surface area contributed by atoms with Crippen LogP contribution >= 0.6 is 0 Å². The summed E-state index contributed by atoms with van der Waals surface area (Å²) in [5.41, 5.74) is 4.58. The van der Waals surface area contributed by atoms with E-state index in [4.69, 9.17) is 10.8 Å². The largest absolute Gasteiger partial charge is 0.480 e. The summed E-state index contributed by atoms with van der Waals surface area (Å²) in [4.78, 5) is 10.2. The van der Waals surface area contributed by atoms with E-state index in [1.54, 1.807) is 13.8 Å². The molecular formula is C7H14FNO2. The number of nitrogens with two attached hydrogens (primary N) is 1. The molecule has 3 N–H and O–H groups in total. The first-order chi connectivity index (χ1) is 4.89. The molecule has 1 atom stereocenters. The molecular weight excluding hydrogens is 149 g/mol. The van der Waals surface area contributed by atoms with Crippen molar-refractivity contribution in [2.75, 3.05) is 6.67 Å². The van der Waals surface area contributed by atoms with E-state index in [9.17, 15) is 9.18 Å². The Morgan fingerprint density at radius 1 is 1.73 bits per heavy atom. The summed E-state index contributed by atoms with van der Waals surface area (Å²) in [6.45, 7) is 2.75. The van der Waals surface area contributed by atoms with Gasteiger partial charge in [-0.15, -0.1) is 0 Å². The van der Waals surface area contributed by atoms with Crippen LogP contribution < -0.4 is 5.73 Å². The molecule has 1 unspecified atom stereocenters. The molecule has 4 heteroatoms. The third-order valence-electron chi connectivity index (χ3n) is 1.45. The number of hydrogen-bond acceptors (Lipinski definition) is 2. The minimum Gasteiger partial charge on any atom is -0.480 e. The fourth-order valence-corrected chi connectivity index (χ4v) is 0.737. The Balaban J connectivity index is 3.93. The molecule has 0 aliphatic rings. The SMILES string of the molecule is CC(C)(CF)CC(N)C(=O)O. The number of aliphatic carboxylic acids is 1. The Hall–Kier alpha value is -0.640. The van der Waals surface area contributed by atoms with Crippen molar-refractivity contribution in [1.29, 1.82) is 0 Å². The van der Waals surface area contributed by atoms with Crippen LogP contribution in [0.5, 0.6) is 0 Å². The highest BCUT2D eigenvalue weighted by Gasteiger charge is 2.24. The highest BCUT2D eigenvalue weighted by molar-refractivity contribution is 5.73. The number of halogens is 1. The minimum atomic E-state index is -1.08. The Labute approximate surface area is 65.4 Å². The first-order valence-corrected chi connectivity index (χ1v) is 3.43. The fourth-order valence-electron chi connectivity index (χ4n) is 0.737. The molecule has 0 aromatic heterocycles. The summed E-state index contributed by atoms with van der Waals surface area (Å²) >= 11 is 0. The van der Waals surface area contributed by atoms with Crippen LogP contribution in [-0.2, 0) is 4.79 Å². The number of alkyl halides is 1. The van der Waals surface area contributed by atoms with Crippen LogP contribution in [-0.4, -0.2) is 23.8 Å². The maximum atomic E-state index is 12.1. The lowest BCUT2D eigenvalue weighted by Gasteiger charge is -2.22. The van der Waals surface area contributed by atoms with Crippen LogP contribution in [0, 0.1) is 5.41 Å². The Morgan fingerprint density at radius 3 is 2.45 bits per heavy atom. The van der Waals surface area contributed by atoms with Gasteiger partial charge in [0.05, 0.1) is 6.67 Å². The van der Waals surface area contributed by atoms with Gasteiger partial charge in [0.1, 0.15) is 6.04 Å². The molecule has 0 bridgehead atoms. The van der Waals surface area contributed by atoms with E-state index in [1.165, 1.54) is 0 Å². The number of carbonyl (C=O) groups is 1. The molecule has 0 saturated heterocycles. The summed E-state index contributed by atoms with van der Waals surface area (Å²) in [7, 11) is 0. The molecule has 0 heterocycles. The predicted octanol–water partition coefficient (Wildman–Crippen LogP) is 0.784. The lowest BCUT2D eigenvalue weighted by atomic mass is 9.87. The topological polar surface area (TPSA) is 63.3 Å². The van der Waals surface area contributed by atoms with Gasteiger partial charge in [0, 0.05) is 0 Å². The van der Waals surface area contributed by atoms with E-state index in [2.05, 4.69) is 0 Å². The van der Waals surface area contributed by atoms with E-state index in [1.807, 2.05) is 0 Å². The number of hydrogen-bond donors (Lipinski definition) is 2. The van der Waals surface area contributed by atoms with Gasteiger partial charge in [0.15, 0.2) is 0 Å². The molecule has 0 saturated carbocycles. The van der Waals surface area contributed by atoms with Gasteiger partial charge in [0.2, 0.25) is 0 Å². The average Bonchev–Trinajstić information content (AvgIpc) is 1.87. The van der Waals surface area contributed by atoms with Gasteiger partial charge in [-0.2, -0.15) is 0 Å². The van der Waals surface area contributed by atoms with E-state index in [-0.39, 0.29) is 6.42 Å². The van der Waals surface area contributed by atoms with Crippen molar-refractivity contribution >= 4 is 5.97 Å². The normalized spacial score (nSPS) is 14.5. The molecule has 0 aromatic rings. The zero-order valence-corrected chi connectivity index (χ0v) is 6.80. The standard InChI is InChI=1S/C7H14FNO2/c1-7(2,4-8)3-5(9)6(10)11/h5H,3-4,9H2,1-2H3,(H,10,11). The second-order valence-corrected chi connectivity index (χ2v) is 3.45. The molecule has 0 aliphatic carbocycles. The van der Waals surface area contributed by atoms with Crippen LogP contribution in [0.2, 0.25) is 0 Å². The zero-order chi connectivity index (χ0) is 9.07. The van der Waals surface area contributed by atoms with Gasteiger partial charge >= 0.3 is 5.97 Å². The second kappa shape index (κ2) is 3.67. The molecule has 66 valence electrons. The molecule has 0 aromatic carbocycles. The van der Waals surface area contributed by atoms with E-state index >= 15 is 0 Å². The van der Waals surface area contributed by atoms with Crippen molar-refractivity contribution in [3.63, 3.8) is 0 Å². The quantitative estimate of drug-likeness (QED) is 0.643. The smallest absolute Gasteiger partial charge is 0.320 e. The molecule has 0 radical (unpaired) electrons. The molecule has 0 fully saturated rings. The molecule has 11 heavy (non-hydrogen) atoms. The Bertz CT molecular complexity index is 147. The average molecular weight is 163 g/mol. The third-order valence-corrected chi connectivity index (χ3v) is 1.45. The lowest BCUT2D eigenvalue weighted by Crippen LogP contribution is -2.35. The van der Waals surface area contributed by atoms with Crippen LogP contribution in [0.3, 0.4) is 0 Å². The van der Waals surface area contributed by atoms with Gasteiger partial charge in [-0.05, 0) is 11.8 Å². The number of rotatable bonds is 4. The number of carboxylic acid groups (broad SMARTS) is 1. The Morgan fingerprint density at radius 2 is 2.18 bits per heavy atom. The summed E-state index contributed by atoms with van der Waals surface area (Å²) < 4.78 is 12.1. The maximum Gasteiger partial charge on any atom is 0.320 e. The summed E-state index contributed by atoms with van der Waals surface area (Å²) in [5, 5.41) is 8.39. The lowest BCUT2D eigenvalue weighted by molar-refractivity contribution is -0.139.